The van der Waals surface area contributed by atoms with Crippen molar-refractivity contribution < 1.29 is 0 Å². The van der Waals surface area contributed by atoms with Crippen molar-refractivity contribution in [3.05, 3.63) is 204 Å². The SMILES string of the molecule is CC(C)(C)c1cc2cc(C(C)(C)C)cc3c4cc(C(C)(C)C)cc5cc(C(C)(C)C)cc(c(c1)c23)c54.CC(C)(C)c1ccc2c(-c3ccc4ccccc4c3)c3ccccc3c(-c3ccc4ccccc4c3)c2c1.[3H][B]P. The van der Waals surface area contributed by atoms with Crippen LogP contribution in [-0.2, 0) is 27.1 Å². The molecule has 0 N–H and O–H groups in total. The summed E-state index contributed by atoms with van der Waals surface area (Å²) in [6, 6.07) is 67.0. The zero-order valence-corrected chi connectivity index (χ0v) is 49.1. The molecule has 0 bridgehead atoms. The lowest BCUT2D eigenvalue weighted by molar-refractivity contribution is 0.589. The molecule has 0 aromatic heterocycles. The summed E-state index contributed by atoms with van der Waals surface area (Å²) in [7, 11) is 3.29. The highest BCUT2D eigenvalue weighted by Gasteiger charge is 2.27. The minimum absolute atomic E-state index is 0.0591. The lowest BCUT2D eigenvalue weighted by Gasteiger charge is -2.28. The van der Waals surface area contributed by atoms with E-state index in [4.69, 9.17) is 1.34 Å². The third-order valence-electron chi connectivity index (χ3n) is 16.1. The molecule has 0 aliphatic heterocycles. The summed E-state index contributed by atoms with van der Waals surface area (Å²) in [6.45, 7) is 34.9. The third kappa shape index (κ3) is 9.68. The molecule has 0 amide bonds. The van der Waals surface area contributed by atoms with E-state index in [1.54, 1.807) is 0 Å². The minimum Gasteiger partial charge on any atom is -0.183 e. The van der Waals surface area contributed by atoms with Crippen LogP contribution in [0.25, 0.3) is 108 Å². The number of fused-ring (bicyclic) bond motifs is 6. The maximum absolute atomic E-state index is 6.05. The molecule has 12 aromatic carbocycles. The summed E-state index contributed by atoms with van der Waals surface area (Å²) in [5.74, 6) is 0. The van der Waals surface area contributed by atoms with Crippen LogP contribution in [0.3, 0.4) is 0 Å². The zero-order chi connectivity index (χ0) is 55.1. The highest BCUT2D eigenvalue weighted by atomic mass is 31.0. The van der Waals surface area contributed by atoms with Crippen molar-refractivity contribution in [3.8, 4) is 22.3 Å². The zero-order valence-electron chi connectivity index (χ0n) is 48.9. The summed E-state index contributed by atoms with van der Waals surface area (Å²) >= 11 is 0. The van der Waals surface area contributed by atoms with Gasteiger partial charge in [-0.1, -0.05) is 237 Å². The summed E-state index contributed by atoms with van der Waals surface area (Å²) in [4.78, 5) is 0. The monoisotopic (exact) mass is 1010 g/mol. The molecule has 0 saturated carbocycles. The van der Waals surface area contributed by atoms with Crippen molar-refractivity contribution >= 4 is 103 Å². The Labute approximate surface area is 458 Å². The third-order valence-corrected chi connectivity index (χ3v) is 16.1. The van der Waals surface area contributed by atoms with Crippen molar-refractivity contribution in [3.63, 3.8) is 0 Å². The first-order chi connectivity index (χ1) is 36.2. The summed E-state index contributed by atoms with van der Waals surface area (Å²) in [5.41, 5.74) is 12.5. The lowest BCUT2D eigenvalue weighted by atomic mass is 9.76. The molecule has 1 unspecified atom stereocenters. The molecule has 1 radical (unpaired) electrons. The van der Waals surface area contributed by atoms with E-state index in [-0.39, 0.29) is 27.1 Å². The smallest absolute Gasteiger partial charge is 0.116 e. The summed E-state index contributed by atoms with van der Waals surface area (Å²) in [6.07, 6.45) is 0. The van der Waals surface area contributed by atoms with Gasteiger partial charge in [0, 0.05) is 0 Å². The maximum atomic E-state index is 6.05. The molecule has 0 nitrogen and oxygen atoms in total. The van der Waals surface area contributed by atoms with E-state index in [0.29, 0.717) is 0 Å². The Morgan fingerprint density at radius 1 is 0.276 bits per heavy atom. The van der Waals surface area contributed by atoms with Gasteiger partial charge >= 0.3 is 0 Å². The molecule has 12 aromatic rings. The molecule has 381 valence electrons. The van der Waals surface area contributed by atoms with Gasteiger partial charge in [0.15, 0.2) is 0 Å². The minimum atomic E-state index is 0.0591. The second-order valence-electron chi connectivity index (χ2n) is 26.7. The second-order valence-corrected chi connectivity index (χ2v) is 26.7. The fourth-order valence-corrected chi connectivity index (χ4v) is 11.6. The molecule has 1 atom stereocenters. The van der Waals surface area contributed by atoms with Crippen LogP contribution in [0.5, 0.6) is 0 Å². The van der Waals surface area contributed by atoms with Gasteiger partial charge in [0.2, 0.25) is 0 Å². The van der Waals surface area contributed by atoms with Gasteiger partial charge in [-0.2, -0.15) is 9.12 Å². The van der Waals surface area contributed by atoms with Gasteiger partial charge in [0.1, 0.15) is 7.53 Å². The molecule has 0 fully saturated rings. The van der Waals surface area contributed by atoms with Gasteiger partial charge in [-0.3, -0.25) is 0 Å². The molecule has 0 heterocycles. The van der Waals surface area contributed by atoms with E-state index in [9.17, 15) is 0 Å². The molecule has 0 spiro atoms. The van der Waals surface area contributed by atoms with Crippen molar-refractivity contribution in [2.45, 2.75) is 131 Å². The molecule has 12 rings (SSSR count). The van der Waals surface area contributed by atoms with Crippen molar-refractivity contribution in [1.82, 2.24) is 0 Å². The molecule has 2 heteroatoms. The predicted octanol–water partition coefficient (Wildman–Crippen LogP) is 21.5. The number of hydrogen-bond acceptors (Lipinski definition) is 0. The Morgan fingerprint density at radius 2 is 0.566 bits per heavy atom. The number of rotatable bonds is 2. The van der Waals surface area contributed by atoms with Crippen molar-refractivity contribution in [2.75, 3.05) is 0 Å². The molecular weight excluding hydrogens is 931 g/mol. The first-order valence-electron chi connectivity index (χ1n) is 28.0. The Hall–Kier alpha value is -6.53. The summed E-state index contributed by atoms with van der Waals surface area (Å²) < 4.78 is 6.05. The van der Waals surface area contributed by atoms with E-state index in [1.807, 2.05) is 0 Å². The largest absolute Gasteiger partial charge is 0.183 e. The molecule has 0 saturated heterocycles. The quantitative estimate of drug-likeness (QED) is 0.0701. The fourth-order valence-electron chi connectivity index (χ4n) is 11.6. The Bertz CT molecular complexity index is 3980. The maximum Gasteiger partial charge on any atom is 0.116 e. The van der Waals surface area contributed by atoms with Crippen molar-refractivity contribution in [2.24, 2.45) is 0 Å². The molecule has 0 aliphatic rings. The van der Waals surface area contributed by atoms with Gasteiger partial charge in [0.25, 0.3) is 0 Å². The van der Waals surface area contributed by atoms with Crippen LogP contribution in [0.2, 0.25) is 0 Å². The first kappa shape index (κ1) is 51.6. The van der Waals surface area contributed by atoms with E-state index < -0.39 is 0 Å². The van der Waals surface area contributed by atoms with Crippen molar-refractivity contribution in [1.29, 1.82) is 1.34 Å². The van der Waals surface area contributed by atoms with Crippen LogP contribution in [0.4, 0.5) is 0 Å². The van der Waals surface area contributed by atoms with E-state index in [1.165, 1.54) is 144 Å². The Kier molecular flexibility index (Phi) is 13.0. The first-order valence-corrected chi connectivity index (χ1v) is 28.1. The van der Waals surface area contributed by atoms with Crippen LogP contribution in [0, 0.1) is 0 Å². The molecule has 0 aliphatic carbocycles. The van der Waals surface area contributed by atoms with Crippen LogP contribution in [0.1, 0.15) is 132 Å². The topological polar surface area (TPSA) is 0 Å². The average molecular weight is 1010 g/mol. The number of hydrogen-bond donors (Lipinski definition) is 0. The second kappa shape index (κ2) is 19.2. The van der Waals surface area contributed by atoms with E-state index in [2.05, 4.69) is 289 Å². The lowest BCUT2D eigenvalue weighted by Crippen LogP contribution is -2.14. The Balaban J connectivity index is 0.000000167. The highest BCUT2D eigenvalue weighted by Crippen LogP contribution is 2.48. The molecule has 76 heavy (non-hydrogen) atoms. The average Bonchev–Trinajstić information content (AvgIpc) is 3.45. The Morgan fingerprint density at radius 3 is 0.908 bits per heavy atom. The van der Waals surface area contributed by atoms with Gasteiger partial charge in [-0.25, -0.2) is 0 Å². The predicted molar refractivity (Wildman–Crippen MR) is 345 cm³/mol. The molecular formula is C74H77BP. The highest BCUT2D eigenvalue weighted by molar-refractivity contribution is 7.49. The van der Waals surface area contributed by atoms with Crippen LogP contribution in [0.15, 0.2) is 176 Å². The van der Waals surface area contributed by atoms with E-state index >= 15 is 0 Å². The normalized spacial score (nSPS) is 12.9. The fraction of sp³-hybridized carbons (Fsp3) is 0.270. The summed E-state index contributed by atoms with van der Waals surface area (Å²) in [5, 5.41) is 21.5. The van der Waals surface area contributed by atoms with Crippen LogP contribution in [-0.4, -0.2) is 8.86 Å². The standard InChI is InChI=1S/C38H30.C36H44.BH3P/c1-38(2,3)31-20-21-34-35(24-31)37(30-19-17-26-11-5-7-13-28(26)23-30)33-15-9-8-14-32(33)36(34)29-18-16-25-10-4-6-12-27(25)22-29;1-33(2,3)23-13-21-14-24(34(4,5)6)19-29-30-20-26(36(10,11)12)16-22-15-25(35(7,8)9)18-28(32(22)30)27(17-23)31(21)29;1-2/h4-24H,1-3H3;13-20H,1-12H3;1H,2H2/i;;1T. The van der Waals surface area contributed by atoms with Gasteiger partial charge < -0.3 is 0 Å². The van der Waals surface area contributed by atoms with Gasteiger partial charge in [-0.05, 0) is 207 Å². The van der Waals surface area contributed by atoms with Crippen LogP contribution < -0.4 is 0 Å². The van der Waals surface area contributed by atoms with Crippen LogP contribution >= 0.6 is 9.12 Å². The number of benzene rings is 12. The van der Waals surface area contributed by atoms with Gasteiger partial charge in [-0.15, -0.1) is 0 Å². The van der Waals surface area contributed by atoms with E-state index in [0.717, 1.165) is 0 Å². The van der Waals surface area contributed by atoms with Gasteiger partial charge in [0.05, 0.1) is 0 Å².